The van der Waals surface area contributed by atoms with Crippen molar-refractivity contribution < 1.29 is 14.3 Å². The summed E-state index contributed by atoms with van der Waals surface area (Å²) in [4.78, 5) is 14.2. The van der Waals surface area contributed by atoms with E-state index in [1.807, 2.05) is 6.07 Å². The number of anilines is 1. The number of amides is 1. The number of hydrogen-bond donors (Lipinski definition) is 1. The highest BCUT2D eigenvalue weighted by molar-refractivity contribution is 9.10. The Kier molecular flexibility index (Phi) is 3.68. The van der Waals surface area contributed by atoms with E-state index in [1.54, 1.807) is 18.2 Å². The number of hydrogen-bond acceptors (Lipinski definition) is 2. The number of rotatable bonds is 1. The molecular weight excluding hydrogens is 337 g/mol. The lowest BCUT2D eigenvalue weighted by atomic mass is 10.00. The smallest absolute Gasteiger partial charge is 0.262 e. The Balaban J connectivity index is 2.09. The van der Waals surface area contributed by atoms with E-state index >= 15 is 0 Å². The van der Waals surface area contributed by atoms with E-state index in [0.29, 0.717) is 16.7 Å². The number of aryl methyl sites for hydroxylation is 1. The highest BCUT2D eigenvalue weighted by atomic mass is 79.9. The molecule has 0 saturated heterocycles. The zero-order valence-electron chi connectivity index (χ0n) is 11.1. The van der Waals surface area contributed by atoms with E-state index in [1.165, 1.54) is 17.0 Å². The molecule has 0 bridgehead atoms. The maximum atomic E-state index is 14.0. The largest absolute Gasteiger partial charge is 0.506 e. The molecule has 1 heterocycles. The van der Waals surface area contributed by atoms with Crippen LogP contribution >= 0.6 is 15.9 Å². The summed E-state index contributed by atoms with van der Waals surface area (Å²) < 4.78 is 14.4. The normalized spacial score (nSPS) is 13.9. The van der Waals surface area contributed by atoms with E-state index in [2.05, 4.69) is 15.9 Å². The predicted octanol–water partition coefficient (Wildman–Crippen LogP) is 3.89. The second kappa shape index (κ2) is 5.48. The van der Waals surface area contributed by atoms with Gasteiger partial charge in [0.2, 0.25) is 0 Å². The van der Waals surface area contributed by atoms with Crippen LogP contribution in [-0.4, -0.2) is 17.6 Å². The van der Waals surface area contributed by atoms with E-state index in [4.69, 9.17) is 0 Å². The van der Waals surface area contributed by atoms with E-state index in [0.717, 1.165) is 18.4 Å². The van der Waals surface area contributed by atoms with Crippen LogP contribution in [0.1, 0.15) is 22.3 Å². The molecule has 2 aromatic rings. The number of fused-ring (bicyclic) bond motifs is 1. The molecule has 1 aliphatic rings. The van der Waals surface area contributed by atoms with Gasteiger partial charge in [-0.1, -0.05) is 18.2 Å². The molecule has 0 aliphatic carbocycles. The van der Waals surface area contributed by atoms with Crippen LogP contribution in [0.3, 0.4) is 0 Å². The van der Waals surface area contributed by atoms with Crippen molar-refractivity contribution >= 4 is 27.5 Å². The Hall–Kier alpha value is -1.88. The molecule has 0 fully saturated rings. The minimum atomic E-state index is -0.572. The number of carbonyl (C=O) groups is 1. The van der Waals surface area contributed by atoms with E-state index < -0.39 is 11.7 Å². The van der Waals surface area contributed by atoms with Crippen LogP contribution in [0.25, 0.3) is 0 Å². The number of para-hydroxylation sites is 1. The van der Waals surface area contributed by atoms with Crippen molar-refractivity contribution in [2.45, 2.75) is 12.8 Å². The van der Waals surface area contributed by atoms with Gasteiger partial charge in [0.1, 0.15) is 11.6 Å². The van der Waals surface area contributed by atoms with Crippen molar-refractivity contribution in [2.24, 2.45) is 0 Å². The summed E-state index contributed by atoms with van der Waals surface area (Å²) in [5, 5.41) is 10.1. The molecule has 1 aliphatic heterocycles. The molecular formula is C16H13BrFNO2. The summed E-state index contributed by atoms with van der Waals surface area (Å²) in [6.45, 7) is 0.462. The number of carbonyl (C=O) groups excluding carboxylic acids is 1. The molecule has 108 valence electrons. The first-order chi connectivity index (χ1) is 10.1. The van der Waals surface area contributed by atoms with Crippen molar-refractivity contribution in [1.29, 1.82) is 0 Å². The number of phenolic OH excluding ortho intramolecular Hbond substituents is 1. The number of aromatic hydroxyl groups is 1. The Morgan fingerprint density at radius 3 is 2.76 bits per heavy atom. The van der Waals surface area contributed by atoms with Crippen molar-refractivity contribution in [3.05, 3.63) is 57.8 Å². The lowest BCUT2D eigenvalue weighted by molar-refractivity contribution is 0.0979. The zero-order chi connectivity index (χ0) is 15.0. The van der Waals surface area contributed by atoms with Crippen molar-refractivity contribution in [3.63, 3.8) is 0 Å². The van der Waals surface area contributed by atoms with Crippen LogP contribution in [0.4, 0.5) is 10.1 Å². The first-order valence-electron chi connectivity index (χ1n) is 6.66. The van der Waals surface area contributed by atoms with E-state index in [-0.39, 0.29) is 11.3 Å². The molecule has 3 rings (SSSR count). The standard InChI is InChI=1S/C16H13BrFNO2/c17-11-6-2-7-12(18)14(11)16(21)19-9-3-5-10-4-1-8-13(20)15(10)19/h1-2,4,6-8,20H,3,5,9H2. The van der Waals surface area contributed by atoms with Gasteiger partial charge in [-0.05, 0) is 52.5 Å². The summed E-state index contributed by atoms with van der Waals surface area (Å²) in [5.41, 5.74) is 1.39. The number of phenols is 1. The molecule has 0 radical (unpaired) electrons. The van der Waals surface area contributed by atoms with E-state index in [9.17, 15) is 14.3 Å². The third kappa shape index (κ3) is 2.42. The van der Waals surface area contributed by atoms with Crippen LogP contribution < -0.4 is 4.90 Å². The lowest BCUT2D eigenvalue weighted by Crippen LogP contribution is -2.36. The average Bonchev–Trinajstić information content (AvgIpc) is 2.46. The second-order valence-electron chi connectivity index (χ2n) is 4.94. The molecule has 0 spiro atoms. The van der Waals surface area contributed by atoms with Crippen molar-refractivity contribution in [1.82, 2.24) is 0 Å². The fourth-order valence-corrected chi connectivity index (χ4v) is 3.18. The van der Waals surface area contributed by atoms with Gasteiger partial charge in [-0.15, -0.1) is 0 Å². The fourth-order valence-electron chi connectivity index (χ4n) is 2.67. The maximum absolute atomic E-state index is 14.0. The van der Waals surface area contributed by atoms with Crippen LogP contribution in [0.5, 0.6) is 5.75 Å². The average molecular weight is 350 g/mol. The maximum Gasteiger partial charge on any atom is 0.262 e. The Morgan fingerprint density at radius 2 is 2.00 bits per heavy atom. The summed E-state index contributed by atoms with van der Waals surface area (Å²) in [5.74, 6) is -0.965. The van der Waals surface area contributed by atoms with Crippen molar-refractivity contribution in [3.8, 4) is 5.75 Å². The summed E-state index contributed by atoms with van der Waals surface area (Å²) in [6.07, 6.45) is 1.58. The molecule has 3 nitrogen and oxygen atoms in total. The number of nitrogens with zero attached hydrogens (tertiary/aromatic N) is 1. The van der Waals surface area contributed by atoms with Gasteiger partial charge in [-0.25, -0.2) is 4.39 Å². The molecule has 0 unspecified atom stereocenters. The zero-order valence-corrected chi connectivity index (χ0v) is 12.7. The lowest BCUT2D eigenvalue weighted by Gasteiger charge is -2.30. The minimum Gasteiger partial charge on any atom is -0.506 e. The molecule has 0 saturated carbocycles. The number of benzene rings is 2. The minimum absolute atomic E-state index is 0.00592. The molecule has 21 heavy (non-hydrogen) atoms. The third-order valence-corrected chi connectivity index (χ3v) is 4.28. The van der Waals surface area contributed by atoms with Gasteiger partial charge >= 0.3 is 0 Å². The first kappa shape index (κ1) is 14.1. The Labute approximate surface area is 130 Å². The topological polar surface area (TPSA) is 40.5 Å². The highest BCUT2D eigenvalue weighted by Gasteiger charge is 2.28. The Morgan fingerprint density at radius 1 is 1.24 bits per heavy atom. The van der Waals surface area contributed by atoms with Crippen LogP contribution in [0.2, 0.25) is 0 Å². The fraction of sp³-hybridized carbons (Fsp3) is 0.188. The molecule has 5 heteroatoms. The Bertz CT molecular complexity index is 697. The summed E-state index contributed by atoms with van der Waals surface area (Å²) in [6, 6.07) is 9.60. The van der Waals surface area contributed by atoms with Crippen LogP contribution in [-0.2, 0) is 6.42 Å². The quantitative estimate of drug-likeness (QED) is 0.848. The molecule has 0 aromatic heterocycles. The van der Waals surface area contributed by atoms with Gasteiger partial charge in [-0.3, -0.25) is 4.79 Å². The predicted molar refractivity (Wildman–Crippen MR) is 82.2 cm³/mol. The summed E-state index contributed by atoms with van der Waals surface area (Å²) >= 11 is 3.22. The second-order valence-corrected chi connectivity index (χ2v) is 5.80. The SMILES string of the molecule is O=C(c1c(F)cccc1Br)N1CCCc2cccc(O)c21. The van der Waals surface area contributed by atoms with Gasteiger partial charge in [0, 0.05) is 11.0 Å². The van der Waals surface area contributed by atoms with Crippen LogP contribution in [0, 0.1) is 5.82 Å². The van der Waals surface area contributed by atoms with Gasteiger partial charge < -0.3 is 10.0 Å². The number of halogens is 2. The van der Waals surface area contributed by atoms with Crippen LogP contribution in [0.15, 0.2) is 40.9 Å². The van der Waals surface area contributed by atoms with Gasteiger partial charge in [0.15, 0.2) is 0 Å². The molecule has 1 N–H and O–H groups in total. The summed E-state index contributed by atoms with van der Waals surface area (Å²) in [7, 11) is 0. The van der Waals surface area contributed by atoms with Crippen molar-refractivity contribution in [2.75, 3.05) is 11.4 Å². The van der Waals surface area contributed by atoms with Gasteiger partial charge in [0.25, 0.3) is 5.91 Å². The first-order valence-corrected chi connectivity index (χ1v) is 7.45. The monoisotopic (exact) mass is 349 g/mol. The molecule has 1 amide bonds. The highest BCUT2D eigenvalue weighted by Crippen LogP contribution is 2.37. The van der Waals surface area contributed by atoms with Gasteiger partial charge in [-0.2, -0.15) is 0 Å². The molecule has 2 aromatic carbocycles. The third-order valence-electron chi connectivity index (χ3n) is 3.62. The molecule has 0 atom stereocenters. The van der Waals surface area contributed by atoms with Gasteiger partial charge in [0.05, 0.1) is 11.3 Å².